The molecular weight excluding hydrogens is 258 g/mol. The van der Waals surface area contributed by atoms with Gasteiger partial charge in [0.15, 0.2) is 5.75 Å². The van der Waals surface area contributed by atoms with Crippen LogP contribution in [0.2, 0.25) is 0 Å². The summed E-state index contributed by atoms with van der Waals surface area (Å²) in [6, 6.07) is 9.46. The highest BCUT2D eigenvalue weighted by Gasteiger charge is 2.14. The van der Waals surface area contributed by atoms with Gasteiger partial charge in [0.05, 0.1) is 6.61 Å². The second kappa shape index (κ2) is 6.56. The molecule has 5 nitrogen and oxygen atoms in total. The average molecular weight is 273 g/mol. The van der Waals surface area contributed by atoms with Crippen LogP contribution in [0.15, 0.2) is 47.5 Å². The van der Waals surface area contributed by atoms with Crippen LogP contribution < -0.4 is 10.2 Å². The zero-order valence-electron chi connectivity index (χ0n) is 11.1. The molecule has 1 aromatic carbocycles. The molecule has 20 heavy (non-hydrogen) atoms. The van der Waals surface area contributed by atoms with Crippen molar-refractivity contribution < 1.29 is 14.3 Å². The van der Waals surface area contributed by atoms with Gasteiger partial charge < -0.3 is 14.5 Å². The molecule has 2 aromatic rings. The van der Waals surface area contributed by atoms with E-state index in [0.717, 1.165) is 5.56 Å². The number of aromatic nitrogens is 1. The first-order valence-electron chi connectivity index (χ1n) is 6.27. The smallest absolute Gasteiger partial charge is 0.343 e. The quantitative estimate of drug-likeness (QED) is 0.847. The minimum absolute atomic E-state index is 0.0580. The van der Waals surface area contributed by atoms with E-state index in [9.17, 15) is 9.59 Å². The lowest BCUT2D eigenvalue weighted by Gasteiger charge is -2.07. The van der Waals surface area contributed by atoms with Crippen LogP contribution >= 0.6 is 0 Å². The van der Waals surface area contributed by atoms with Crippen molar-refractivity contribution in [3.63, 3.8) is 0 Å². The Kier molecular flexibility index (Phi) is 4.55. The molecular formula is C15H15NO4. The summed E-state index contributed by atoms with van der Waals surface area (Å²) in [6.45, 7) is 2.16. The number of hydrogen-bond acceptors (Lipinski definition) is 4. The lowest BCUT2D eigenvalue weighted by Crippen LogP contribution is -2.19. The van der Waals surface area contributed by atoms with Crippen molar-refractivity contribution in [2.45, 2.75) is 13.5 Å². The molecule has 0 aliphatic rings. The normalized spacial score (nSPS) is 10.1. The van der Waals surface area contributed by atoms with Crippen molar-refractivity contribution in [1.29, 1.82) is 0 Å². The van der Waals surface area contributed by atoms with Crippen LogP contribution in [0, 0.1) is 0 Å². The van der Waals surface area contributed by atoms with Crippen molar-refractivity contribution >= 4 is 5.97 Å². The molecule has 0 bridgehead atoms. The molecule has 0 fully saturated rings. The predicted molar refractivity (Wildman–Crippen MR) is 73.8 cm³/mol. The number of carbonyl (C=O) groups excluding carboxylic acids is 1. The van der Waals surface area contributed by atoms with Gasteiger partial charge in [-0.3, -0.25) is 4.79 Å². The molecule has 0 aliphatic heterocycles. The maximum atomic E-state index is 12.1. The van der Waals surface area contributed by atoms with Crippen molar-refractivity contribution in [2.75, 3.05) is 6.61 Å². The number of nitrogens with one attached hydrogen (secondary N) is 1. The Morgan fingerprint density at radius 2 is 1.95 bits per heavy atom. The summed E-state index contributed by atoms with van der Waals surface area (Å²) in [5.74, 6) is -0.557. The number of hydrogen-bond donors (Lipinski definition) is 1. The van der Waals surface area contributed by atoms with E-state index in [0.29, 0.717) is 0 Å². The number of aromatic amines is 1. The van der Waals surface area contributed by atoms with E-state index in [2.05, 4.69) is 4.98 Å². The Bertz CT molecular complexity index is 634. The van der Waals surface area contributed by atoms with Gasteiger partial charge in [0.1, 0.15) is 12.2 Å². The van der Waals surface area contributed by atoms with Crippen molar-refractivity contribution in [1.82, 2.24) is 4.98 Å². The van der Waals surface area contributed by atoms with Gasteiger partial charge in [-0.15, -0.1) is 0 Å². The van der Waals surface area contributed by atoms with Crippen LogP contribution in [-0.4, -0.2) is 17.6 Å². The van der Waals surface area contributed by atoms with Crippen LogP contribution in [0.4, 0.5) is 0 Å². The Morgan fingerprint density at radius 3 is 2.65 bits per heavy atom. The SMILES string of the molecule is CCOC(=O)c1c[nH]cc(OCc2ccccc2)c1=O. The van der Waals surface area contributed by atoms with E-state index >= 15 is 0 Å². The highest BCUT2D eigenvalue weighted by Crippen LogP contribution is 2.08. The summed E-state index contributed by atoms with van der Waals surface area (Å²) in [7, 11) is 0. The van der Waals surface area contributed by atoms with Crippen LogP contribution in [0.1, 0.15) is 22.8 Å². The molecule has 0 saturated heterocycles. The third kappa shape index (κ3) is 3.26. The molecule has 2 rings (SSSR count). The molecule has 0 amide bonds. The van der Waals surface area contributed by atoms with E-state index in [4.69, 9.17) is 9.47 Å². The molecule has 104 valence electrons. The van der Waals surface area contributed by atoms with Gasteiger partial charge in [0.2, 0.25) is 5.43 Å². The summed E-state index contributed by atoms with van der Waals surface area (Å²) in [5, 5.41) is 0. The van der Waals surface area contributed by atoms with Crippen molar-refractivity contribution in [2.24, 2.45) is 0 Å². The van der Waals surface area contributed by atoms with Crippen molar-refractivity contribution in [3.05, 3.63) is 64.1 Å². The molecule has 0 unspecified atom stereocenters. The number of carbonyl (C=O) groups is 1. The fourth-order valence-electron chi connectivity index (χ4n) is 1.67. The van der Waals surface area contributed by atoms with E-state index < -0.39 is 11.4 Å². The molecule has 0 saturated carbocycles. The Labute approximate surface area is 116 Å². The molecule has 1 N–H and O–H groups in total. The summed E-state index contributed by atoms with van der Waals surface area (Å²) in [6.07, 6.45) is 2.74. The number of rotatable bonds is 5. The molecule has 0 radical (unpaired) electrons. The Hall–Kier alpha value is -2.56. The van der Waals surface area contributed by atoms with E-state index in [1.54, 1.807) is 6.92 Å². The predicted octanol–water partition coefficient (Wildman–Crippen LogP) is 2.13. The number of benzene rings is 1. The molecule has 1 heterocycles. The van der Waals surface area contributed by atoms with Crippen LogP contribution in [0.3, 0.4) is 0 Å². The van der Waals surface area contributed by atoms with Gasteiger partial charge in [-0.2, -0.15) is 0 Å². The van der Waals surface area contributed by atoms with E-state index in [-0.39, 0.29) is 24.5 Å². The Morgan fingerprint density at radius 1 is 1.20 bits per heavy atom. The molecule has 0 atom stereocenters. The first-order chi connectivity index (χ1) is 9.72. The summed E-state index contributed by atoms with van der Waals surface area (Å²) >= 11 is 0. The number of esters is 1. The average Bonchev–Trinajstić information content (AvgIpc) is 2.47. The number of ether oxygens (including phenoxy) is 2. The molecule has 0 spiro atoms. The van der Waals surface area contributed by atoms with Gasteiger partial charge in [-0.25, -0.2) is 4.79 Å². The second-order valence-corrected chi connectivity index (χ2v) is 4.06. The highest BCUT2D eigenvalue weighted by molar-refractivity contribution is 5.89. The molecule has 5 heteroatoms. The highest BCUT2D eigenvalue weighted by atomic mass is 16.5. The maximum Gasteiger partial charge on any atom is 0.343 e. The summed E-state index contributed by atoms with van der Waals surface area (Å²) < 4.78 is 10.3. The standard InChI is InChI=1S/C15H15NO4/c1-2-19-15(18)12-8-16-9-13(14(12)17)20-10-11-6-4-3-5-7-11/h3-9H,2,10H2,1H3,(H,16,17). The fraction of sp³-hybridized carbons (Fsp3) is 0.200. The van der Waals surface area contributed by atoms with Gasteiger partial charge in [-0.05, 0) is 12.5 Å². The van der Waals surface area contributed by atoms with Gasteiger partial charge in [0.25, 0.3) is 0 Å². The van der Waals surface area contributed by atoms with Crippen molar-refractivity contribution in [3.8, 4) is 5.75 Å². The van der Waals surface area contributed by atoms with E-state index in [1.807, 2.05) is 30.3 Å². The number of H-pyrrole nitrogens is 1. The molecule has 0 aliphatic carbocycles. The summed E-state index contributed by atoms with van der Waals surface area (Å²) in [4.78, 5) is 26.4. The third-order valence-electron chi connectivity index (χ3n) is 2.64. The lowest BCUT2D eigenvalue weighted by atomic mass is 10.2. The van der Waals surface area contributed by atoms with Gasteiger partial charge in [-0.1, -0.05) is 30.3 Å². The van der Waals surface area contributed by atoms with Gasteiger partial charge in [0, 0.05) is 12.4 Å². The molecule has 1 aromatic heterocycles. The third-order valence-corrected chi connectivity index (χ3v) is 2.64. The Balaban J connectivity index is 2.15. The van der Waals surface area contributed by atoms with Crippen LogP contribution in [0.5, 0.6) is 5.75 Å². The largest absolute Gasteiger partial charge is 0.483 e. The van der Waals surface area contributed by atoms with Crippen LogP contribution in [0.25, 0.3) is 0 Å². The van der Waals surface area contributed by atoms with Gasteiger partial charge >= 0.3 is 5.97 Å². The zero-order valence-corrected chi connectivity index (χ0v) is 11.1. The lowest BCUT2D eigenvalue weighted by molar-refractivity contribution is 0.0523. The minimum Gasteiger partial charge on any atom is -0.483 e. The summed E-state index contributed by atoms with van der Waals surface area (Å²) in [5.41, 5.74) is 0.406. The first kappa shape index (κ1) is 13.9. The fourth-order valence-corrected chi connectivity index (χ4v) is 1.67. The monoisotopic (exact) mass is 273 g/mol. The first-order valence-corrected chi connectivity index (χ1v) is 6.27. The second-order valence-electron chi connectivity index (χ2n) is 4.06. The zero-order chi connectivity index (χ0) is 14.4. The maximum absolute atomic E-state index is 12.1. The topological polar surface area (TPSA) is 68.4 Å². The van der Waals surface area contributed by atoms with E-state index in [1.165, 1.54) is 12.4 Å². The number of pyridine rings is 1. The van der Waals surface area contributed by atoms with Crippen LogP contribution in [-0.2, 0) is 11.3 Å². The minimum atomic E-state index is -0.654.